The number of cyclic esters (lactones) is 1. The Labute approximate surface area is 225 Å². The zero-order valence-electron chi connectivity index (χ0n) is 21.7. The molecule has 3 rings (SSSR count). The molecule has 0 bridgehead atoms. The van der Waals surface area contributed by atoms with Crippen molar-refractivity contribution >= 4 is 33.7 Å². The van der Waals surface area contributed by atoms with Crippen molar-refractivity contribution in [3.05, 3.63) is 46.5 Å². The van der Waals surface area contributed by atoms with Crippen LogP contribution in [0.2, 0.25) is 0 Å². The van der Waals surface area contributed by atoms with Crippen LogP contribution in [0.15, 0.2) is 40.9 Å². The highest BCUT2D eigenvalue weighted by molar-refractivity contribution is 9.11. The fraction of sp³-hybridized carbons (Fsp3) is 0.593. The van der Waals surface area contributed by atoms with Crippen molar-refractivity contribution in [2.45, 2.75) is 70.5 Å². The number of ketones is 1. The molecule has 1 aromatic carbocycles. The van der Waals surface area contributed by atoms with Gasteiger partial charge in [-0.15, -0.1) is 0 Å². The fourth-order valence-corrected chi connectivity index (χ4v) is 5.66. The molecule has 0 aromatic heterocycles. The lowest BCUT2D eigenvalue weighted by molar-refractivity contribution is -0.219. The van der Waals surface area contributed by atoms with E-state index in [-0.39, 0.29) is 43.1 Å². The molecule has 2 aliphatic heterocycles. The molecule has 204 valence electrons. The molecule has 37 heavy (non-hydrogen) atoms. The molecular formula is C27H36BrNO8. The lowest BCUT2D eigenvalue weighted by Gasteiger charge is -2.39. The average molecular weight is 582 g/mol. The van der Waals surface area contributed by atoms with Crippen molar-refractivity contribution in [1.29, 1.82) is 0 Å². The van der Waals surface area contributed by atoms with Gasteiger partial charge in [-0.2, -0.15) is 0 Å². The Morgan fingerprint density at radius 2 is 1.86 bits per heavy atom. The summed E-state index contributed by atoms with van der Waals surface area (Å²) in [6, 6.07) is 8.60. The van der Waals surface area contributed by atoms with E-state index < -0.39 is 47.2 Å². The van der Waals surface area contributed by atoms with Crippen LogP contribution < -0.4 is 0 Å². The highest BCUT2D eigenvalue weighted by Crippen LogP contribution is 2.40. The van der Waals surface area contributed by atoms with Gasteiger partial charge in [0, 0.05) is 13.0 Å². The van der Waals surface area contributed by atoms with Crippen LogP contribution in [0.25, 0.3) is 0 Å². The maximum atomic E-state index is 14.1. The van der Waals surface area contributed by atoms with Gasteiger partial charge < -0.3 is 24.4 Å². The zero-order chi connectivity index (χ0) is 27.4. The van der Waals surface area contributed by atoms with Gasteiger partial charge in [-0.1, -0.05) is 44.2 Å². The van der Waals surface area contributed by atoms with Crippen molar-refractivity contribution in [1.82, 2.24) is 4.90 Å². The Hall–Kier alpha value is -2.11. The number of imide groups is 1. The van der Waals surface area contributed by atoms with Gasteiger partial charge in [-0.05, 0) is 60.2 Å². The van der Waals surface area contributed by atoms with Gasteiger partial charge >= 0.3 is 6.09 Å². The Morgan fingerprint density at radius 1 is 1.19 bits per heavy atom. The molecule has 10 heteroatoms. The highest BCUT2D eigenvalue weighted by Gasteiger charge is 2.55. The number of ether oxygens (including phenoxy) is 3. The number of aliphatic hydroxyl groups is 2. The monoisotopic (exact) mass is 581 g/mol. The smallest absolute Gasteiger partial charge is 0.417 e. The molecule has 2 aliphatic rings. The van der Waals surface area contributed by atoms with Gasteiger partial charge in [0.25, 0.3) is 0 Å². The molecule has 2 heterocycles. The van der Waals surface area contributed by atoms with Gasteiger partial charge in [0.2, 0.25) is 5.91 Å². The van der Waals surface area contributed by atoms with E-state index in [0.717, 1.165) is 10.5 Å². The standard InChI is InChI=1S/C27H36BrNO8/c1-17(2)23-26(3,4)37-25(33)29(23)24(32)19(15-18-9-6-5-7-10-18)22-20(31)16-21(28)27(34,36-22)11-8-13-35-14-12-30/h5-7,9-10,16-17,19,22-23,30,34H,8,11-15H2,1-4H3/t19-,22-,23-,27+/m0/s1. The van der Waals surface area contributed by atoms with Crippen molar-refractivity contribution in [3.8, 4) is 0 Å². The second kappa shape index (κ2) is 12.2. The van der Waals surface area contributed by atoms with E-state index in [2.05, 4.69) is 15.9 Å². The molecule has 0 aliphatic carbocycles. The second-order valence-corrected chi connectivity index (χ2v) is 11.2. The number of nitrogens with zero attached hydrogens (tertiary/aromatic N) is 1. The van der Waals surface area contributed by atoms with Gasteiger partial charge in [-0.25, -0.2) is 9.69 Å². The number of halogens is 1. The maximum absolute atomic E-state index is 14.1. The number of carbonyl (C=O) groups excluding carboxylic acids is 3. The third-order valence-electron chi connectivity index (χ3n) is 6.67. The zero-order valence-corrected chi connectivity index (χ0v) is 23.3. The molecule has 0 saturated carbocycles. The molecule has 1 fully saturated rings. The third-order valence-corrected chi connectivity index (χ3v) is 7.52. The highest BCUT2D eigenvalue weighted by atomic mass is 79.9. The number of carbonyl (C=O) groups is 3. The summed E-state index contributed by atoms with van der Waals surface area (Å²) in [4.78, 5) is 41.3. The van der Waals surface area contributed by atoms with Crippen molar-refractivity contribution in [2.75, 3.05) is 19.8 Å². The molecule has 2 N–H and O–H groups in total. The minimum atomic E-state index is -1.86. The molecule has 1 saturated heterocycles. The molecule has 9 nitrogen and oxygen atoms in total. The van der Waals surface area contributed by atoms with Gasteiger partial charge in [0.1, 0.15) is 11.7 Å². The number of amides is 2. The molecule has 1 aromatic rings. The van der Waals surface area contributed by atoms with Crippen molar-refractivity contribution in [2.24, 2.45) is 11.8 Å². The summed E-state index contributed by atoms with van der Waals surface area (Å²) in [5.41, 5.74) is -0.131. The summed E-state index contributed by atoms with van der Waals surface area (Å²) < 4.78 is 17.0. The minimum absolute atomic E-state index is 0.0823. The first kappa shape index (κ1) is 29.4. The Kier molecular flexibility index (Phi) is 9.68. The third kappa shape index (κ3) is 6.67. The molecule has 4 atom stereocenters. The molecular weight excluding hydrogens is 546 g/mol. The summed E-state index contributed by atoms with van der Waals surface area (Å²) in [5, 5.41) is 20.2. The first-order valence-electron chi connectivity index (χ1n) is 12.5. The summed E-state index contributed by atoms with van der Waals surface area (Å²) in [6.45, 7) is 7.65. The first-order valence-corrected chi connectivity index (χ1v) is 13.3. The van der Waals surface area contributed by atoms with Crippen LogP contribution in [0.1, 0.15) is 46.1 Å². The van der Waals surface area contributed by atoms with Crippen molar-refractivity contribution < 1.29 is 38.8 Å². The van der Waals surface area contributed by atoms with Crippen molar-refractivity contribution in [3.63, 3.8) is 0 Å². The van der Waals surface area contributed by atoms with Crippen LogP contribution >= 0.6 is 15.9 Å². The SMILES string of the molecule is CC(C)[C@@H]1N(C(=O)[C@@H](Cc2ccccc2)[C@@H]2O[C@](O)(CCCOCCO)C(Br)=CC2=O)C(=O)OC1(C)C. The fourth-order valence-electron chi connectivity index (χ4n) is 5.14. The van der Waals surface area contributed by atoms with Crippen LogP contribution in [0, 0.1) is 11.8 Å². The predicted octanol–water partition coefficient (Wildman–Crippen LogP) is 3.35. The number of rotatable bonds is 11. The quantitative estimate of drug-likeness (QED) is 0.381. The first-order chi connectivity index (χ1) is 17.4. The second-order valence-electron chi connectivity index (χ2n) is 10.3. The van der Waals surface area contributed by atoms with E-state index in [1.807, 2.05) is 44.2 Å². The number of benzene rings is 1. The lowest BCUT2D eigenvalue weighted by atomic mass is 9.85. The number of hydrogen-bond donors (Lipinski definition) is 2. The summed E-state index contributed by atoms with van der Waals surface area (Å²) >= 11 is 3.25. The predicted molar refractivity (Wildman–Crippen MR) is 139 cm³/mol. The summed E-state index contributed by atoms with van der Waals surface area (Å²) in [5.74, 6) is -4.13. The molecule has 0 spiro atoms. The van der Waals surface area contributed by atoms with Crippen LogP contribution in [-0.2, 0) is 30.2 Å². The van der Waals surface area contributed by atoms with Crippen LogP contribution in [0.4, 0.5) is 4.79 Å². The Morgan fingerprint density at radius 3 is 2.49 bits per heavy atom. The Balaban J connectivity index is 1.94. The van der Waals surface area contributed by atoms with E-state index in [0.29, 0.717) is 6.42 Å². The lowest BCUT2D eigenvalue weighted by Crippen LogP contribution is -2.55. The van der Waals surface area contributed by atoms with E-state index in [1.54, 1.807) is 13.8 Å². The van der Waals surface area contributed by atoms with Crippen LogP contribution in [0.5, 0.6) is 0 Å². The average Bonchev–Trinajstić information content (AvgIpc) is 3.08. The van der Waals surface area contributed by atoms with Crippen LogP contribution in [0.3, 0.4) is 0 Å². The summed E-state index contributed by atoms with van der Waals surface area (Å²) in [7, 11) is 0. The largest absolute Gasteiger partial charge is 0.441 e. The van der Waals surface area contributed by atoms with E-state index in [9.17, 15) is 19.5 Å². The molecule has 2 amide bonds. The molecule has 0 radical (unpaired) electrons. The number of hydrogen-bond acceptors (Lipinski definition) is 8. The molecule has 0 unspecified atom stereocenters. The van der Waals surface area contributed by atoms with E-state index >= 15 is 0 Å². The number of aliphatic hydroxyl groups excluding tert-OH is 1. The maximum Gasteiger partial charge on any atom is 0.417 e. The Bertz CT molecular complexity index is 1010. The van der Waals surface area contributed by atoms with E-state index in [1.165, 1.54) is 6.08 Å². The topological polar surface area (TPSA) is 123 Å². The van der Waals surface area contributed by atoms with E-state index in [4.69, 9.17) is 19.3 Å². The van der Waals surface area contributed by atoms with Gasteiger partial charge in [0.05, 0.1) is 29.7 Å². The van der Waals surface area contributed by atoms with Gasteiger partial charge in [-0.3, -0.25) is 9.59 Å². The van der Waals surface area contributed by atoms with Gasteiger partial charge in [0.15, 0.2) is 11.6 Å². The van der Waals surface area contributed by atoms with Crippen LogP contribution in [-0.4, -0.2) is 76.3 Å². The minimum Gasteiger partial charge on any atom is -0.441 e. The normalized spacial score (nSPS) is 26.3. The summed E-state index contributed by atoms with van der Waals surface area (Å²) in [6.07, 6.45) is -0.282.